The van der Waals surface area contributed by atoms with E-state index in [1.807, 2.05) is 41.5 Å². The molecule has 0 rings (SSSR count). The molecule has 0 aromatic rings. The van der Waals surface area contributed by atoms with E-state index in [2.05, 4.69) is 235 Å². The summed E-state index contributed by atoms with van der Waals surface area (Å²) in [6.45, 7) is 92.6. The molecule has 0 saturated heterocycles. The molecule has 0 aliphatic heterocycles. The van der Waals surface area contributed by atoms with Gasteiger partial charge < -0.3 is 19.2 Å². The van der Waals surface area contributed by atoms with E-state index in [4.69, 9.17) is 0 Å². The number of ketones is 4. The number of hydrogen-bond acceptors (Lipinski definition) is 4. The molecule has 0 fully saturated rings. The van der Waals surface area contributed by atoms with Crippen LogP contribution in [0.3, 0.4) is 0 Å². The first kappa shape index (κ1) is 162. The van der Waals surface area contributed by atoms with E-state index in [1.54, 1.807) is 27.7 Å². The Morgan fingerprint density at radius 2 is 0.245 bits per heavy atom. The van der Waals surface area contributed by atoms with Gasteiger partial charge in [0.05, 0.1) is 0 Å². The number of rotatable bonds is 34. The molecule has 0 aromatic heterocycles. The van der Waals surface area contributed by atoms with Crippen LogP contribution in [-0.4, -0.2) is 23.1 Å². The Bertz CT molecular complexity index is 815. The Labute approximate surface area is 664 Å². The Balaban J connectivity index is -0.0000000331. The van der Waals surface area contributed by atoms with Crippen molar-refractivity contribution < 1.29 is 19.2 Å². The van der Waals surface area contributed by atoms with Crippen LogP contribution >= 0.6 is 0 Å². The number of Topliss-reactive ketones (excluding diaryl/α,β-unsaturated/α-hetero) is 4. The molecule has 0 bridgehead atoms. The standard InChI is InChI=1S/C7H14O.C6H12O.4C6H14.C5H10O.4C5H12.C4H8O.4C4H10.4C3H8.2C2H6/c1-3-4-5-6-7(2)8;1-3-4-5-6(2)7;4*1-3-5-6-4-2;1-3-4-5(2)6;4*1-3-5-4-2;1-3-4(2)5;4*1-3-4-2;4*1-3-2;2*1-2/h3-6H2,1-2H3;3-5H2,1-2H3;4*3-6H2,1-2H3;3-4H2,1-2H3;4*3-5H2,1-2H3;3H2,1-2H3;4*3-4H2,1-2H3;4*3H2,1-2H3;2*1-2H3. The molecule has 0 spiro atoms. The Morgan fingerprint density at radius 1 is 0.137 bits per heavy atom. The molecule has 0 saturated carbocycles. The van der Waals surface area contributed by atoms with Crippen molar-refractivity contribution in [1.82, 2.24) is 0 Å². The van der Waals surface area contributed by atoms with Crippen LogP contribution < -0.4 is 0 Å². The van der Waals surface area contributed by atoms with Crippen molar-refractivity contribution in [2.45, 2.75) is 626 Å². The van der Waals surface area contributed by atoms with Crippen molar-refractivity contribution in [1.29, 1.82) is 0 Å². The minimum atomic E-state index is 0.255. The van der Waals surface area contributed by atoms with Crippen LogP contribution in [0.1, 0.15) is 626 Å². The van der Waals surface area contributed by atoms with Crippen molar-refractivity contribution in [2.24, 2.45) is 0 Å². The summed E-state index contributed by atoms with van der Waals surface area (Å²) >= 11 is 0. The molecule has 0 amide bonds. The highest BCUT2D eigenvalue weighted by Crippen LogP contribution is 2.00. The second-order valence-electron chi connectivity index (χ2n) is 25.5. The van der Waals surface area contributed by atoms with Gasteiger partial charge in [0.1, 0.15) is 23.1 Å². The van der Waals surface area contributed by atoms with Gasteiger partial charge in [0.25, 0.3) is 0 Å². The Kier molecular flexibility index (Phi) is 418. The first-order valence-electron chi connectivity index (χ1n) is 46.7. The van der Waals surface area contributed by atoms with Crippen LogP contribution in [0.15, 0.2) is 0 Å². The van der Waals surface area contributed by atoms with Gasteiger partial charge in [0.2, 0.25) is 0 Å². The van der Waals surface area contributed by atoms with Gasteiger partial charge in [-0.1, -0.05) is 553 Å². The quantitative estimate of drug-likeness (QED) is 0.0602. The maximum Gasteiger partial charge on any atom is 0.129 e. The Hall–Kier alpha value is -1.32. The van der Waals surface area contributed by atoms with Crippen molar-refractivity contribution in [2.75, 3.05) is 0 Å². The van der Waals surface area contributed by atoms with Crippen LogP contribution in [0, 0.1) is 0 Å². The molecule has 0 aliphatic carbocycles. The maximum atomic E-state index is 10.3. The molecule has 4 nitrogen and oxygen atoms in total. The van der Waals surface area contributed by atoms with Gasteiger partial charge in [-0.3, -0.25) is 0 Å². The highest BCUT2D eigenvalue weighted by molar-refractivity contribution is 5.76. The molecule has 0 unspecified atom stereocenters. The lowest BCUT2D eigenvalue weighted by Gasteiger charge is -1.90. The summed E-state index contributed by atoms with van der Waals surface area (Å²) in [5.41, 5.74) is 0. The fourth-order valence-electron chi connectivity index (χ4n) is 4.82. The van der Waals surface area contributed by atoms with Crippen molar-refractivity contribution >= 4 is 23.1 Å². The molecule has 0 N–H and O–H groups in total. The summed E-state index contributed by atoms with van der Waals surface area (Å²) in [5.74, 6) is 1.17. The summed E-state index contributed by atoms with van der Waals surface area (Å²) in [5, 5.41) is 0. The third-order valence-corrected chi connectivity index (χ3v) is 11.8. The zero-order valence-corrected chi connectivity index (χ0v) is 83.0. The van der Waals surface area contributed by atoms with Gasteiger partial charge in [-0.2, -0.15) is 0 Å². The van der Waals surface area contributed by atoms with Crippen LogP contribution in [-0.2, 0) is 19.2 Å². The van der Waals surface area contributed by atoms with E-state index < -0.39 is 0 Å². The first-order chi connectivity index (χ1) is 48.7. The first-order valence-corrected chi connectivity index (χ1v) is 46.7. The number of hydrogen-bond donors (Lipinski definition) is 0. The molecule has 0 atom stereocenters. The maximum absolute atomic E-state index is 10.3. The van der Waals surface area contributed by atoms with E-state index in [9.17, 15) is 19.2 Å². The molecule has 0 aliphatic rings. The smallest absolute Gasteiger partial charge is 0.129 e. The lowest BCUT2D eigenvalue weighted by molar-refractivity contribution is -0.117. The highest BCUT2D eigenvalue weighted by Gasteiger charge is 1.90. The van der Waals surface area contributed by atoms with Crippen molar-refractivity contribution in [3.8, 4) is 0 Å². The topological polar surface area (TPSA) is 68.3 Å². The molecule has 0 aromatic carbocycles. The Morgan fingerprint density at radius 3 is 0.294 bits per heavy atom. The zero-order chi connectivity index (χ0) is 85.7. The third kappa shape index (κ3) is 700. The predicted octanol–water partition coefficient (Wildman–Crippen LogP) is 40.4. The molecule has 0 radical (unpaired) electrons. The van der Waals surface area contributed by atoms with E-state index in [0.29, 0.717) is 18.0 Å². The lowest BCUT2D eigenvalue weighted by Crippen LogP contribution is -1.87. The van der Waals surface area contributed by atoms with Crippen LogP contribution in [0.25, 0.3) is 0 Å². The van der Waals surface area contributed by atoms with Gasteiger partial charge in [0, 0.05) is 25.7 Å². The zero-order valence-electron chi connectivity index (χ0n) is 83.0. The van der Waals surface area contributed by atoms with Crippen LogP contribution in [0.5, 0.6) is 0 Å². The fourth-order valence-corrected chi connectivity index (χ4v) is 4.82. The second-order valence-corrected chi connectivity index (χ2v) is 25.5. The van der Waals surface area contributed by atoms with Gasteiger partial charge in [-0.25, -0.2) is 0 Å². The van der Waals surface area contributed by atoms with Crippen LogP contribution in [0.2, 0.25) is 0 Å². The van der Waals surface area contributed by atoms with E-state index in [1.165, 1.54) is 270 Å². The number of carbonyl (C=O) groups is 4. The third-order valence-electron chi connectivity index (χ3n) is 11.8. The lowest BCUT2D eigenvalue weighted by atomic mass is 10.2. The van der Waals surface area contributed by atoms with Gasteiger partial charge in [-0.15, -0.1) is 0 Å². The normalized spacial score (nSPS) is 7.96. The number of unbranched alkanes of at least 4 members (excludes halogenated alkanes) is 27. The minimum absolute atomic E-state index is 0.255. The minimum Gasteiger partial charge on any atom is -0.300 e. The molecule has 0 heterocycles. The average molecular weight is 1470 g/mol. The van der Waals surface area contributed by atoms with E-state index >= 15 is 0 Å². The van der Waals surface area contributed by atoms with Gasteiger partial charge in [-0.05, 0) is 47.0 Å². The van der Waals surface area contributed by atoms with Crippen molar-refractivity contribution in [3.05, 3.63) is 0 Å². The van der Waals surface area contributed by atoms with E-state index in [0.717, 1.165) is 44.9 Å². The molecular formula is C98H232O4. The summed E-state index contributed by atoms with van der Waals surface area (Å²) in [4.78, 5) is 40.4. The summed E-state index contributed by atoms with van der Waals surface area (Å²) in [7, 11) is 0. The number of carbonyl (C=O) groups excluding carboxylic acids is 4. The summed E-state index contributed by atoms with van der Waals surface area (Å²) < 4.78 is 0. The van der Waals surface area contributed by atoms with Crippen molar-refractivity contribution in [3.63, 3.8) is 0 Å². The fraction of sp³-hybridized carbons (Fsp3) is 0.959. The average Bonchev–Trinajstić information content (AvgIpc) is 3.86. The van der Waals surface area contributed by atoms with E-state index in [-0.39, 0.29) is 11.6 Å². The monoisotopic (exact) mass is 1470 g/mol. The predicted molar refractivity (Wildman–Crippen MR) is 501 cm³/mol. The van der Waals surface area contributed by atoms with Gasteiger partial charge >= 0.3 is 0 Å². The SMILES string of the molecule is CC.CC.CCC.CCC.CCC.CCC.CCC(C)=O.CCCC.CCCC.CCCC.CCCC.CCCC(C)=O.CCCCC.CCCCC.CCCCC.CCCCC.CCCCC(C)=O.CCCCCC.CCCCCC.CCCCCC.CCCCCC.CCCCCC(C)=O. The summed E-state index contributed by atoms with van der Waals surface area (Å²) in [6.07, 6.45) is 63.6. The molecule has 102 heavy (non-hydrogen) atoms. The van der Waals surface area contributed by atoms with Gasteiger partial charge in [0.15, 0.2) is 0 Å². The largest absolute Gasteiger partial charge is 0.300 e. The molecule has 648 valence electrons. The highest BCUT2D eigenvalue weighted by atomic mass is 16.1. The summed E-state index contributed by atoms with van der Waals surface area (Å²) in [6, 6.07) is 0. The molecular weight excluding hydrogens is 1240 g/mol. The van der Waals surface area contributed by atoms with Crippen LogP contribution in [0.4, 0.5) is 0 Å². The second kappa shape index (κ2) is 264. The molecule has 4 heteroatoms.